The zero-order valence-corrected chi connectivity index (χ0v) is 17.1. The number of carbonyl (C=O) groups is 1. The topological polar surface area (TPSA) is 61.8 Å². The Morgan fingerprint density at radius 2 is 1.76 bits per heavy atom. The van der Waals surface area contributed by atoms with Gasteiger partial charge in [0.2, 0.25) is 0 Å². The van der Waals surface area contributed by atoms with Crippen LogP contribution in [0.2, 0.25) is 0 Å². The molecule has 0 saturated carbocycles. The molecule has 2 aromatic carbocycles. The van der Waals surface area contributed by atoms with Crippen LogP contribution in [0.15, 0.2) is 54.6 Å². The Kier molecular flexibility index (Phi) is 8.53. The summed E-state index contributed by atoms with van der Waals surface area (Å²) in [7, 11) is 0. The van der Waals surface area contributed by atoms with Crippen molar-refractivity contribution in [2.75, 3.05) is 32.8 Å². The van der Waals surface area contributed by atoms with Crippen molar-refractivity contribution >= 4 is 5.91 Å². The van der Waals surface area contributed by atoms with Crippen LogP contribution < -0.4 is 10.1 Å². The molecule has 0 spiro atoms. The smallest absolute Gasteiger partial charge is 0.251 e. The van der Waals surface area contributed by atoms with Crippen LogP contribution in [-0.4, -0.2) is 54.8 Å². The molecule has 2 N–H and O–H groups in total. The SMILES string of the molecule is O=C(NC(CO)Cc1ccccc1)c1ccc(OCCCN2CCCCC2)cc1. The largest absolute Gasteiger partial charge is 0.494 e. The summed E-state index contributed by atoms with van der Waals surface area (Å²) in [5.41, 5.74) is 1.65. The molecule has 1 amide bonds. The van der Waals surface area contributed by atoms with Gasteiger partial charge in [0.05, 0.1) is 19.3 Å². The molecule has 1 aliphatic heterocycles. The molecule has 1 aliphatic rings. The number of benzene rings is 2. The number of ether oxygens (including phenoxy) is 1. The fraction of sp³-hybridized carbons (Fsp3) is 0.458. The van der Waals surface area contributed by atoms with E-state index in [-0.39, 0.29) is 18.6 Å². The van der Waals surface area contributed by atoms with Gasteiger partial charge in [-0.05, 0) is 68.6 Å². The third kappa shape index (κ3) is 7.18. The molecular formula is C24H32N2O3. The maximum atomic E-state index is 12.5. The lowest BCUT2D eigenvalue weighted by atomic mass is 10.1. The van der Waals surface area contributed by atoms with Crippen LogP contribution in [0.1, 0.15) is 41.6 Å². The number of aliphatic hydroxyl groups excluding tert-OH is 1. The van der Waals surface area contributed by atoms with Crippen LogP contribution in [0.5, 0.6) is 5.75 Å². The molecule has 5 heteroatoms. The number of carbonyl (C=O) groups excluding carboxylic acids is 1. The van der Waals surface area contributed by atoms with Crippen LogP contribution in [0.25, 0.3) is 0 Å². The number of aliphatic hydroxyl groups is 1. The van der Waals surface area contributed by atoms with Crippen LogP contribution >= 0.6 is 0 Å². The highest BCUT2D eigenvalue weighted by atomic mass is 16.5. The van der Waals surface area contributed by atoms with Gasteiger partial charge in [-0.1, -0.05) is 36.8 Å². The van der Waals surface area contributed by atoms with Crippen molar-refractivity contribution in [1.82, 2.24) is 10.2 Å². The quantitative estimate of drug-likeness (QED) is 0.605. The molecule has 1 fully saturated rings. The molecule has 0 aliphatic carbocycles. The van der Waals surface area contributed by atoms with Crippen molar-refractivity contribution in [2.45, 2.75) is 38.1 Å². The van der Waals surface area contributed by atoms with Gasteiger partial charge < -0.3 is 20.1 Å². The number of hydrogen-bond donors (Lipinski definition) is 2. The van der Waals surface area contributed by atoms with E-state index in [0.29, 0.717) is 18.6 Å². The van der Waals surface area contributed by atoms with Crippen molar-refractivity contribution in [1.29, 1.82) is 0 Å². The molecule has 1 saturated heterocycles. The first-order valence-electron chi connectivity index (χ1n) is 10.7. The van der Waals surface area contributed by atoms with Crippen molar-refractivity contribution in [2.24, 2.45) is 0 Å². The van der Waals surface area contributed by atoms with E-state index in [1.54, 1.807) is 12.1 Å². The van der Waals surface area contributed by atoms with Crippen molar-refractivity contribution in [3.8, 4) is 5.75 Å². The Bertz CT molecular complexity index is 728. The fourth-order valence-corrected chi connectivity index (χ4v) is 3.69. The molecule has 1 unspecified atom stereocenters. The minimum Gasteiger partial charge on any atom is -0.494 e. The van der Waals surface area contributed by atoms with E-state index >= 15 is 0 Å². The highest BCUT2D eigenvalue weighted by molar-refractivity contribution is 5.94. The Labute approximate surface area is 173 Å². The third-order valence-corrected chi connectivity index (χ3v) is 5.33. The van der Waals surface area contributed by atoms with Crippen LogP contribution in [-0.2, 0) is 6.42 Å². The van der Waals surface area contributed by atoms with Crippen LogP contribution in [0.4, 0.5) is 0 Å². The summed E-state index contributed by atoms with van der Waals surface area (Å²) >= 11 is 0. The van der Waals surface area contributed by atoms with E-state index < -0.39 is 0 Å². The van der Waals surface area contributed by atoms with E-state index in [2.05, 4.69) is 10.2 Å². The van der Waals surface area contributed by atoms with E-state index in [1.807, 2.05) is 42.5 Å². The average Bonchev–Trinajstić information content (AvgIpc) is 2.78. The second kappa shape index (κ2) is 11.6. The van der Waals surface area contributed by atoms with Crippen LogP contribution in [0, 0.1) is 0 Å². The molecule has 0 bridgehead atoms. The van der Waals surface area contributed by atoms with E-state index in [0.717, 1.165) is 24.3 Å². The maximum absolute atomic E-state index is 12.5. The lowest BCUT2D eigenvalue weighted by Gasteiger charge is -2.26. The Morgan fingerprint density at radius 1 is 1.03 bits per heavy atom. The lowest BCUT2D eigenvalue weighted by molar-refractivity contribution is 0.0916. The van der Waals surface area contributed by atoms with Gasteiger partial charge in [-0.3, -0.25) is 4.79 Å². The fourth-order valence-electron chi connectivity index (χ4n) is 3.69. The summed E-state index contributed by atoms with van der Waals surface area (Å²) in [6, 6.07) is 16.7. The molecule has 2 aromatic rings. The van der Waals surface area contributed by atoms with Gasteiger partial charge in [0.15, 0.2) is 0 Å². The minimum atomic E-state index is -0.310. The maximum Gasteiger partial charge on any atom is 0.251 e. The van der Waals surface area contributed by atoms with Gasteiger partial charge in [-0.25, -0.2) is 0 Å². The third-order valence-electron chi connectivity index (χ3n) is 5.33. The van der Waals surface area contributed by atoms with Gasteiger partial charge in [0.25, 0.3) is 5.91 Å². The van der Waals surface area contributed by atoms with Crippen molar-refractivity contribution < 1.29 is 14.6 Å². The predicted octanol–water partition coefficient (Wildman–Crippen LogP) is 3.27. The number of likely N-dealkylation sites (tertiary alicyclic amines) is 1. The number of rotatable bonds is 10. The molecule has 5 nitrogen and oxygen atoms in total. The molecule has 0 radical (unpaired) electrons. The van der Waals surface area contributed by atoms with Crippen molar-refractivity contribution in [3.63, 3.8) is 0 Å². The Morgan fingerprint density at radius 3 is 2.45 bits per heavy atom. The predicted molar refractivity (Wildman–Crippen MR) is 115 cm³/mol. The summed E-state index contributed by atoms with van der Waals surface area (Å²) in [5, 5.41) is 12.5. The van der Waals surface area contributed by atoms with Gasteiger partial charge in [-0.15, -0.1) is 0 Å². The molecule has 1 atom stereocenters. The zero-order valence-electron chi connectivity index (χ0n) is 17.1. The van der Waals surface area contributed by atoms with Crippen molar-refractivity contribution in [3.05, 3.63) is 65.7 Å². The number of hydrogen-bond acceptors (Lipinski definition) is 4. The second-order valence-electron chi connectivity index (χ2n) is 7.67. The van der Waals surface area contributed by atoms with Crippen LogP contribution in [0.3, 0.4) is 0 Å². The molecule has 0 aromatic heterocycles. The summed E-state index contributed by atoms with van der Waals surface area (Å²) in [5.74, 6) is 0.597. The average molecular weight is 397 g/mol. The molecule has 1 heterocycles. The summed E-state index contributed by atoms with van der Waals surface area (Å²) in [4.78, 5) is 15.0. The number of nitrogens with one attached hydrogen (secondary N) is 1. The van der Waals surface area contributed by atoms with E-state index in [4.69, 9.17) is 4.74 Å². The number of nitrogens with zero attached hydrogens (tertiary/aromatic N) is 1. The first kappa shape index (κ1) is 21.3. The van der Waals surface area contributed by atoms with Gasteiger partial charge in [-0.2, -0.15) is 0 Å². The van der Waals surface area contributed by atoms with E-state index in [1.165, 1.54) is 32.4 Å². The number of piperidine rings is 1. The lowest BCUT2D eigenvalue weighted by Crippen LogP contribution is -2.39. The van der Waals surface area contributed by atoms with Gasteiger partial charge in [0, 0.05) is 12.1 Å². The first-order chi connectivity index (χ1) is 14.2. The van der Waals surface area contributed by atoms with Gasteiger partial charge >= 0.3 is 0 Å². The normalized spacial score (nSPS) is 15.6. The molecule has 29 heavy (non-hydrogen) atoms. The standard InChI is InChI=1S/C24H32N2O3/c27-19-22(18-20-8-3-1-4-9-20)25-24(28)21-10-12-23(13-11-21)29-17-7-16-26-14-5-2-6-15-26/h1,3-4,8-13,22,27H,2,5-7,14-19H2,(H,25,28). The Hall–Kier alpha value is -2.37. The summed E-state index contributed by atoms with van der Waals surface area (Å²) in [6.45, 7) is 4.10. The Balaban J connectivity index is 1.41. The molecular weight excluding hydrogens is 364 g/mol. The summed E-state index contributed by atoms with van der Waals surface area (Å²) in [6.07, 6.45) is 5.60. The highest BCUT2D eigenvalue weighted by Crippen LogP contribution is 2.14. The highest BCUT2D eigenvalue weighted by Gasteiger charge is 2.14. The monoisotopic (exact) mass is 396 g/mol. The zero-order chi connectivity index (χ0) is 20.3. The summed E-state index contributed by atoms with van der Waals surface area (Å²) < 4.78 is 5.81. The minimum absolute atomic E-state index is 0.0984. The molecule has 156 valence electrons. The second-order valence-corrected chi connectivity index (χ2v) is 7.67. The van der Waals surface area contributed by atoms with E-state index in [9.17, 15) is 9.90 Å². The number of amides is 1. The first-order valence-corrected chi connectivity index (χ1v) is 10.7. The van der Waals surface area contributed by atoms with Gasteiger partial charge in [0.1, 0.15) is 5.75 Å². The molecule has 3 rings (SSSR count).